The van der Waals surface area contributed by atoms with E-state index in [0.29, 0.717) is 5.13 Å². The Morgan fingerprint density at radius 3 is 2.78 bits per heavy atom. The van der Waals surface area contributed by atoms with Gasteiger partial charge in [-0.05, 0) is 11.6 Å². The number of hydrogen-bond donors (Lipinski definition) is 2. The average molecular weight is 386 g/mol. The van der Waals surface area contributed by atoms with Crippen molar-refractivity contribution in [2.45, 2.75) is 6.54 Å². The van der Waals surface area contributed by atoms with Crippen molar-refractivity contribution in [2.24, 2.45) is 0 Å². The van der Waals surface area contributed by atoms with Crippen molar-refractivity contribution in [1.29, 1.82) is 0 Å². The summed E-state index contributed by atoms with van der Waals surface area (Å²) in [5.41, 5.74) is 1.85. The van der Waals surface area contributed by atoms with Gasteiger partial charge in [0.25, 0.3) is 0 Å². The zero-order valence-corrected chi connectivity index (χ0v) is 15.7. The number of anilines is 1. The van der Waals surface area contributed by atoms with Gasteiger partial charge in [0.2, 0.25) is 11.8 Å². The Labute approximate surface area is 162 Å². The van der Waals surface area contributed by atoms with Gasteiger partial charge in [0, 0.05) is 31.1 Å². The molecule has 2 N–H and O–H groups in total. The van der Waals surface area contributed by atoms with Gasteiger partial charge in [-0.3, -0.25) is 14.5 Å². The van der Waals surface area contributed by atoms with E-state index < -0.39 is 0 Å². The van der Waals surface area contributed by atoms with Crippen LogP contribution in [0.2, 0.25) is 0 Å². The highest BCUT2D eigenvalue weighted by Gasteiger charge is 2.13. The number of amides is 2. The molecule has 1 saturated heterocycles. The second-order valence-corrected chi connectivity index (χ2v) is 6.90. The molecule has 1 aromatic carbocycles. The second-order valence-electron chi connectivity index (χ2n) is 6.04. The Morgan fingerprint density at radius 1 is 1.22 bits per heavy atom. The zero-order chi connectivity index (χ0) is 18.9. The number of nitrogens with one attached hydrogen (secondary N) is 2. The molecule has 0 radical (unpaired) electrons. The summed E-state index contributed by atoms with van der Waals surface area (Å²) >= 11 is 1.38. The Bertz CT molecular complexity index is 785. The summed E-state index contributed by atoms with van der Waals surface area (Å²) in [6.07, 6.45) is 3.11. The molecule has 3 rings (SSSR count). The second kappa shape index (κ2) is 9.96. The van der Waals surface area contributed by atoms with Gasteiger partial charge in [-0.25, -0.2) is 4.98 Å². The quantitative estimate of drug-likeness (QED) is 0.709. The fourth-order valence-electron chi connectivity index (χ4n) is 2.55. The Balaban J connectivity index is 1.40. The predicted octanol–water partition coefficient (Wildman–Crippen LogP) is 1.74. The number of carbonyl (C=O) groups excluding carboxylic acids is 2. The van der Waals surface area contributed by atoms with Gasteiger partial charge in [-0.1, -0.05) is 30.3 Å². The number of nitrogens with zero attached hydrogens (tertiary/aromatic N) is 2. The molecule has 2 aromatic rings. The average Bonchev–Trinajstić information content (AvgIpc) is 3.13. The summed E-state index contributed by atoms with van der Waals surface area (Å²) in [4.78, 5) is 30.5. The molecule has 1 fully saturated rings. The van der Waals surface area contributed by atoms with Gasteiger partial charge >= 0.3 is 0 Å². The van der Waals surface area contributed by atoms with E-state index in [1.165, 1.54) is 17.4 Å². The minimum absolute atomic E-state index is 0.101. The Morgan fingerprint density at radius 2 is 2.00 bits per heavy atom. The van der Waals surface area contributed by atoms with E-state index in [4.69, 9.17) is 4.74 Å². The largest absolute Gasteiger partial charge is 0.379 e. The molecule has 0 saturated carbocycles. The van der Waals surface area contributed by atoms with Gasteiger partial charge in [0.05, 0.1) is 25.5 Å². The van der Waals surface area contributed by atoms with Crippen molar-refractivity contribution in [3.8, 4) is 0 Å². The minimum atomic E-state index is -0.318. The molecular weight excluding hydrogens is 364 g/mol. The highest BCUT2D eigenvalue weighted by Crippen LogP contribution is 2.17. The molecule has 2 heterocycles. The lowest BCUT2D eigenvalue weighted by molar-refractivity contribution is -0.121. The van der Waals surface area contributed by atoms with Crippen LogP contribution in [-0.4, -0.2) is 54.5 Å². The lowest BCUT2D eigenvalue weighted by Crippen LogP contribution is -2.35. The van der Waals surface area contributed by atoms with Crippen LogP contribution in [0, 0.1) is 0 Å². The van der Waals surface area contributed by atoms with Crippen LogP contribution in [0.1, 0.15) is 11.3 Å². The molecule has 0 unspecified atom stereocenters. The van der Waals surface area contributed by atoms with E-state index in [1.54, 1.807) is 6.08 Å². The number of rotatable bonds is 7. The van der Waals surface area contributed by atoms with Crippen LogP contribution in [0.4, 0.5) is 5.13 Å². The van der Waals surface area contributed by atoms with Crippen molar-refractivity contribution in [3.63, 3.8) is 0 Å². The fourth-order valence-corrected chi connectivity index (χ4v) is 3.27. The molecule has 142 valence electrons. The number of hydrogen-bond acceptors (Lipinski definition) is 6. The third-order valence-electron chi connectivity index (χ3n) is 3.94. The van der Waals surface area contributed by atoms with Crippen molar-refractivity contribution in [2.75, 3.05) is 38.2 Å². The van der Waals surface area contributed by atoms with E-state index in [0.717, 1.165) is 44.1 Å². The standard InChI is InChI=1S/C19H22N4O3S/c24-17(7-6-15-4-2-1-3-5-15)20-12-18(25)22-19-21-16(14-27-19)13-23-8-10-26-11-9-23/h1-7,14H,8-13H2,(H,20,24)(H,21,22,25)/b7-6+. The number of ether oxygens (including phenoxy) is 1. The number of aromatic nitrogens is 1. The Kier molecular flexibility index (Phi) is 7.09. The maximum absolute atomic E-state index is 12.0. The molecule has 0 spiro atoms. The molecule has 1 aliphatic rings. The van der Waals surface area contributed by atoms with Crippen LogP contribution in [0.5, 0.6) is 0 Å². The maximum Gasteiger partial charge on any atom is 0.245 e. The summed E-state index contributed by atoms with van der Waals surface area (Å²) in [7, 11) is 0. The summed E-state index contributed by atoms with van der Waals surface area (Å²) in [6, 6.07) is 9.49. The Hall–Kier alpha value is -2.55. The SMILES string of the molecule is O=C(/C=C/c1ccccc1)NCC(=O)Nc1nc(CN2CCOCC2)cs1. The lowest BCUT2D eigenvalue weighted by atomic mass is 10.2. The highest BCUT2D eigenvalue weighted by atomic mass is 32.1. The van der Waals surface area contributed by atoms with E-state index in [1.807, 2.05) is 35.7 Å². The highest BCUT2D eigenvalue weighted by molar-refractivity contribution is 7.13. The van der Waals surface area contributed by atoms with E-state index in [9.17, 15) is 9.59 Å². The van der Waals surface area contributed by atoms with Crippen LogP contribution in [0.15, 0.2) is 41.8 Å². The minimum Gasteiger partial charge on any atom is -0.379 e. The van der Waals surface area contributed by atoms with Crippen LogP contribution in [0.3, 0.4) is 0 Å². The van der Waals surface area contributed by atoms with Gasteiger partial charge in [0.1, 0.15) is 0 Å². The molecule has 0 atom stereocenters. The van der Waals surface area contributed by atoms with Crippen molar-refractivity contribution in [3.05, 3.63) is 53.0 Å². The summed E-state index contributed by atoms with van der Waals surface area (Å²) in [5.74, 6) is -0.620. The van der Waals surface area contributed by atoms with Gasteiger partial charge in [0.15, 0.2) is 5.13 Å². The normalized spacial score (nSPS) is 15.0. The number of morpholine rings is 1. The molecule has 0 aliphatic carbocycles. The van der Waals surface area contributed by atoms with Gasteiger partial charge in [-0.2, -0.15) is 0 Å². The summed E-state index contributed by atoms with van der Waals surface area (Å²) in [6.45, 7) is 3.91. The first-order valence-corrected chi connectivity index (χ1v) is 9.62. The monoisotopic (exact) mass is 386 g/mol. The van der Waals surface area contributed by atoms with E-state index in [-0.39, 0.29) is 18.4 Å². The molecule has 2 amide bonds. The third-order valence-corrected chi connectivity index (χ3v) is 4.74. The van der Waals surface area contributed by atoms with E-state index in [2.05, 4.69) is 20.5 Å². The first-order valence-electron chi connectivity index (χ1n) is 8.74. The van der Waals surface area contributed by atoms with Crippen molar-refractivity contribution in [1.82, 2.24) is 15.2 Å². The number of benzene rings is 1. The number of thiazole rings is 1. The molecule has 8 heteroatoms. The topological polar surface area (TPSA) is 83.6 Å². The maximum atomic E-state index is 12.0. The van der Waals surface area contributed by atoms with Gasteiger partial charge < -0.3 is 15.4 Å². The number of carbonyl (C=O) groups is 2. The lowest BCUT2D eigenvalue weighted by Gasteiger charge is -2.25. The van der Waals surface area contributed by atoms with Crippen LogP contribution >= 0.6 is 11.3 Å². The molecule has 0 bridgehead atoms. The van der Waals surface area contributed by atoms with Crippen LogP contribution < -0.4 is 10.6 Å². The van der Waals surface area contributed by atoms with Gasteiger partial charge in [-0.15, -0.1) is 11.3 Å². The molecule has 27 heavy (non-hydrogen) atoms. The fraction of sp³-hybridized carbons (Fsp3) is 0.316. The summed E-state index contributed by atoms with van der Waals surface area (Å²) in [5, 5.41) is 7.75. The third kappa shape index (κ3) is 6.59. The van der Waals surface area contributed by atoms with Crippen LogP contribution in [0.25, 0.3) is 6.08 Å². The first-order chi connectivity index (χ1) is 13.2. The van der Waals surface area contributed by atoms with Crippen molar-refractivity contribution < 1.29 is 14.3 Å². The molecule has 7 nitrogen and oxygen atoms in total. The molecule has 1 aliphatic heterocycles. The zero-order valence-electron chi connectivity index (χ0n) is 14.9. The molecule has 1 aromatic heterocycles. The van der Waals surface area contributed by atoms with E-state index >= 15 is 0 Å². The van der Waals surface area contributed by atoms with Crippen molar-refractivity contribution >= 4 is 34.4 Å². The first kappa shape index (κ1) is 19.2. The molecular formula is C19H22N4O3S. The van der Waals surface area contributed by atoms with Crippen LogP contribution in [-0.2, 0) is 20.9 Å². The predicted molar refractivity (Wildman–Crippen MR) is 105 cm³/mol. The smallest absolute Gasteiger partial charge is 0.245 e. The summed E-state index contributed by atoms with van der Waals surface area (Å²) < 4.78 is 5.33.